The largest absolute Gasteiger partial charge is 0.359 e. The Labute approximate surface area is 224 Å². The number of hydrogen-bond donors (Lipinski definition) is 2. The first-order valence-corrected chi connectivity index (χ1v) is 12.7. The first-order chi connectivity index (χ1) is 18.7. The molecule has 0 unspecified atom stereocenters. The first-order valence-electron chi connectivity index (χ1n) is 12.7. The molecular weight excluding hydrogens is 501 g/mol. The molecule has 4 heterocycles. The Kier molecular flexibility index (Phi) is 6.87. The molecule has 0 radical (unpaired) electrons. The Morgan fingerprint density at radius 2 is 2.13 bits per heavy atom. The quantitative estimate of drug-likeness (QED) is 0.344. The number of carbonyl (C=O) groups excluding carboxylic acids is 2. The van der Waals surface area contributed by atoms with Gasteiger partial charge in [-0.25, -0.2) is 9.37 Å². The van der Waals surface area contributed by atoms with Gasteiger partial charge in [0, 0.05) is 43.9 Å². The van der Waals surface area contributed by atoms with Crippen LogP contribution in [0.2, 0.25) is 0 Å². The molecule has 11 heteroatoms. The van der Waals surface area contributed by atoms with E-state index in [2.05, 4.69) is 36.6 Å². The highest BCUT2D eigenvalue weighted by Gasteiger charge is 2.28. The Balaban J connectivity index is 1.34. The Hall–Kier alpha value is -4.59. The summed E-state index contributed by atoms with van der Waals surface area (Å²) in [6.45, 7) is 6.38. The molecular formula is C28H28FN7O3. The molecule has 200 valence electrons. The molecule has 1 fully saturated rings. The highest BCUT2D eigenvalue weighted by atomic mass is 19.1. The summed E-state index contributed by atoms with van der Waals surface area (Å²) in [4.78, 5) is 30.6. The molecule has 1 atom stereocenters. The van der Waals surface area contributed by atoms with Gasteiger partial charge in [-0.15, -0.1) is 0 Å². The highest BCUT2D eigenvalue weighted by Crippen LogP contribution is 2.36. The summed E-state index contributed by atoms with van der Waals surface area (Å²) >= 11 is 0. The standard InChI is InChI=1S/C28H28FN7O3/c1-16(37)10-17-7-9-36(14-17)26-24-20(6-8-31-25(24)33-34-26)18-4-5-19(21(29)11-18)13-32-27(38)22-12-23(39-35-22)28(2,3)15-30/h4-6,8,11-12,17H,7,9-10,13-14H2,1-3H3,(H,32,38)(H,31,33,34)/t17-/m0/s1. The molecule has 0 spiro atoms. The van der Waals surface area contributed by atoms with Crippen LogP contribution in [-0.2, 0) is 16.8 Å². The van der Waals surface area contributed by atoms with Gasteiger partial charge in [0.25, 0.3) is 5.91 Å². The van der Waals surface area contributed by atoms with Crippen molar-refractivity contribution in [1.82, 2.24) is 25.7 Å². The van der Waals surface area contributed by atoms with E-state index in [1.807, 2.05) is 6.07 Å². The Morgan fingerprint density at radius 3 is 2.87 bits per heavy atom. The average Bonchev–Trinajstić information content (AvgIpc) is 3.67. The van der Waals surface area contributed by atoms with Gasteiger partial charge >= 0.3 is 0 Å². The van der Waals surface area contributed by atoms with E-state index in [-0.39, 0.29) is 29.7 Å². The number of amides is 1. The number of fused-ring (bicyclic) bond motifs is 1. The van der Waals surface area contributed by atoms with Gasteiger partial charge in [-0.3, -0.25) is 9.89 Å². The van der Waals surface area contributed by atoms with Gasteiger partial charge in [0.15, 0.2) is 22.9 Å². The second kappa shape index (κ2) is 10.3. The number of ketones is 1. The minimum atomic E-state index is -0.925. The number of aromatic nitrogens is 4. The summed E-state index contributed by atoms with van der Waals surface area (Å²) < 4.78 is 20.3. The summed E-state index contributed by atoms with van der Waals surface area (Å²) in [5.74, 6) is 0.463. The molecule has 1 amide bonds. The lowest BCUT2D eigenvalue weighted by Crippen LogP contribution is -2.23. The monoisotopic (exact) mass is 529 g/mol. The van der Waals surface area contributed by atoms with E-state index in [4.69, 9.17) is 4.52 Å². The molecule has 1 saturated heterocycles. The van der Waals surface area contributed by atoms with Crippen LogP contribution in [-0.4, -0.2) is 45.1 Å². The van der Waals surface area contributed by atoms with Crippen LogP contribution in [0.25, 0.3) is 22.2 Å². The maximum atomic E-state index is 15.2. The van der Waals surface area contributed by atoms with Crippen LogP contribution >= 0.6 is 0 Å². The fourth-order valence-electron chi connectivity index (χ4n) is 4.86. The molecule has 1 aliphatic heterocycles. The number of nitrogens with one attached hydrogen (secondary N) is 2. The Bertz CT molecular complexity index is 1600. The highest BCUT2D eigenvalue weighted by molar-refractivity contribution is 6.00. The summed E-state index contributed by atoms with van der Waals surface area (Å²) in [6, 6.07) is 10.2. The molecule has 0 saturated carbocycles. The van der Waals surface area contributed by atoms with E-state index in [0.29, 0.717) is 23.2 Å². The van der Waals surface area contributed by atoms with E-state index >= 15 is 4.39 Å². The topological polar surface area (TPSA) is 141 Å². The summed E-state index contributed by atoms with van der Waals surface area (Å²) in [5, 5.41) is 23.9. The van der Waals surface area contributed by atoms with Crippen molar-refractivity contribution >= 4 is 28.5 Å². The van der Waals surface area contributed by atoms with Crippen molar-refractivity contribution in [1.29, 1.82) is 5.26 Å². The molecule has 0 aliphatic carbocycles. The minimum absolute atomic E-state index is 0.0180. The van der Waals surface area contributed by atoms with Gasteiger partial charge in [0.1, 0.15) is 17.0 Å². The number of nitrogens with zero attached hydrogens (tertiary/aromatic N) is 5. The van der Waals surface area contributed by atoms with E-state index in [0.717, 1.165) is 36.3 Å². The van der Waals surface area contributed by atoms with Crippen molar-refractivity contribution in [3.8, 4) is 17.2 Å². The lowest BCUT2D eigenvalue weighted by molar-refractivity contribution is -0.117. The third kappa shape index (κ3) is 5.23. The van der Waals surface area contributed by atoms with E-state index in [1.54, 1.807) is 39.1 Å². The predicted octanol–water partition coefficient (Wildman–Crippen LogP) is 4.29. The molecule has 4 aromatic rings. The number of Topliss-reactive ketones (excluding diaryl/α,β-unsaturated/α-hetero) is 1. The fraction of sp³-hybridized carbons (Fsp3) is 0.357. The number of nitriles is 1. The number of carbonyl (C=O) groups is 2. The van der Waals surface area contributed by atoms with Crippen LogP contribution in [0.15, 0.2) is 41.1 Å². The molecule has 0 bridgehead atoms. The molecule has 1 aromatic carbocycles. The minimum Gasteiger partial charge on any atom is -0.359 e. The number of rotatable bonds is 8. The SMILES string of the molecule is CC(=O)C[C@@H]1CCN(c2n[nH]c3nccc(-c4ccc(CNC(=O)c5cc(C(C)(C)C#N)on5)c(F)c4)c23)C1. The molecule has 39 heavy (non-hydrogen) atoms. The van der Waals surface area contributed by atoms with Crippen LogP contribution in [0.3, 0.4) is 0 Å². The molecule has 3 aromatic heterocycles. The van der Waals surface area contributed by atoms with Gasteiger partial charge < -0.3 is 19.5 Å². The van der Waals surface area contributed by atoms with E-state index in [9.17, 15) is 14.9 Å². The van der Waals surface area contributed by atoms with Gasteiger partial charge in [0.2, 0.25) is 0 Å². The van der Waals surface area contributed by atoms with Crippen molar-refractivity contribution in [2.45, 2.75) is 45.6 Å². The van der Waals surface area contributed by atoms with Crippen LogP contribution < -0.4 is 10.2 Å². The second-order valence-electron chi connectivity index (χ2n) is 10.4. The lowest BCUT2D eigenvalue weighted by atomic mass is 9.92. The molecule has 1 aliphatic rings. The number of halogens is 1. The maximum absolute atomic E-state index is 15.2. The van der Waals surface area contributed by atoms with Crippen LogP contribution in [0.5, 0.6) is 0 Å². The van der Waals surface area contributed by atoms with Crippen molar-refractivity contribution in [2.24, 2.45) is 5.92 Å². The van der Waals surface area contributed by atoms with Gasteiger partial charge in [0.05, 0.1) is 11.5 Å². The van der Waals surface area contributed by atoms with Crippen LogP contribution in [0.1, 0.15) is 55.4 Å². The van der Waals surface area contributed by atoms with Crippen LogP contribution in [0.4, 0.5) is 10.2 Å². The zero-order valence-electron chi connectivity index (χ0n) is 21.9. The molecule has 10 nitrogen and oxygen atoms in total. The van der Waals surface area contributed by atoms with Crippen molar-refractivity contribution < 1.29 is 18.5 Å². The number of anilines is 1. The van der Waals surface area contributed by atoms with Crippen molar-refractivity contribution in [2.75, 3.05) is 18.0 Å². The number of H-pyrrole nitrogens is 1. The Morgan fingerprint density at radius 1 is 1.31 bits per heavy atom. The second-order valence-corrected chi connectivity index (χ2v) is 10.4. The number of pyridine rings is 1. The maximum Gasteiger partial charge on any atom is 0.273 e. The fourth-order valence-corrected chi connectivity index (χ4v) is 4.86. The van der Waals surface area contributed by atoms with Crippen LogP contribution in [0, 0.1) is 23.1 Å². The third-order valence-electron chi connectivity index (χ3n) is 7.05. The number of aromatic amines is 1. The lowest BCUT2D eigenvalue weighted by Gasteiger charge is -2.17. The predicted molar refractivity (Wildman–Crippen MR) is 141 cm³/mol. The van der Waals surface area contributed by atoms with Gasteiger partial charge in [-0.05, 0) is 56.4 Å². The smallest absolute Gasteiger partial charge is 0.273 e. The van der Waals surface area contributed by atoms with Crippen molar-refractivity contribution in [3.63, 3.8) is 0 Å². The normalized spacial score (nSPS) is 15.5. The van der Waals surface area contributed by atoms with Crippen molar-refractivity contribution in [3.05, 3.63) is 59.4 Å². The zero-order chi connectivity index (χ0) is 27.7. The van der Waals surface area contributed by atoms with Gasteiger partial charge in [-0.1, -0.05) is 17.3 Å². The average molecular weight is 530 g/mol. The third-order valence-corrected chi connectivity index (χ3v) is 7.05. The molecule has 5 rings (SSSR count). The summed E-state index contributed by atoms with van der Waals surface area (Å²) in [6.07, 6.45) is 3.10. The first kappa shape index (κ1) is 26.0. The summed E-state index contributed by atoms with van der Waals surface area (Å²) in [5.41, 5.74) is 1.43. The van der Waals surface area contributed by atoms with Gasteiger partial charge in [-0.2, -0.15) is 10.4 Å². The molecule has 2 N–H and O–H groups in total. The summed E-state index contributed by atoms with van der Waals surface area (Å²) in [7, 11) is 0. The number of benzene rings is 1. The zero-order valence-corrected chi connectivity index (χ0v) is 21.9. The number of hydrogen-bond acceptors (Lipinski definition) is 8. The van der Waals surface area contributed by atoms with E-state index < -0.39 is 17.1 Å². The van der Waals surface area contributed by atoms with E-state index in [1.165, 1.54) is 12.1 Å².